The summed E-state index contributed by atoms with van der Waals surface area (Å²) in [5.41, 5.74) is -0.242. The molecule has 0 heterocycles. The minimum Gasteiger partial charge on any atom is -0.366 e. The number of nitrogens with zero attached hydrogens (tertiary/aromatic N) is 1. The Balaban J connectivity index is 2.20. The first-order valence-corrected chi connectivity index (χ1v) is 6.71. The Morgan fingerprint density at radius 3 is 2.44 bits per heavy atom. The third-order valence-corrected chi connectivity index (χ3v) is 3.51. The summed E-state index contributed by atoms with van der Waals surface area (Å²) < 4.78 is 5.47. The van der Waals surface area contributed by atoms with E-state index >= 15 is 0 Å². The third kappa shape index (κ3) is 4.83. The smallest absolute Gasteiger partial charge is 0.248 e. The first kappa shape index (κ1) is 14.0. The highest BCUT2D eigenvalue weighted by atomic mass is 79.9. The van der Waals surface area contributed by atoms with E-state index in [1.54, 1.807) is 4.90 Å². The van der Waals surface area contributed by atoms with Gasteiger partial charge >= 0.3 is 0 Å². The first-order chi connectivity index (χ1) is 7.28. The van der Waals surface area contributed by atoms with Gasteiger partial charge < -0.3 is 9.64 Å². The van der Waals surface area contributed by atoms with Crippen molar-refractivity contribution in [2.75, 3.05) is 20.2 Å². The van der Waals surface area contributed by atoms with Crippen molar-refractivity contribution < 1.29 is 9.53 Å². The summed E-state index contributed by atoms with van der Waals surface area (Å²) in [5, 5.41) is 0. The van der Waals surface area contributed by atoms with Crippen molar-refractivity contribution in [1.82, 2.24) is 4.90 Å². The molecule has 0 unspecified atom stereocenters. The zero-order valence-corrected chi connectivity index (χ0v) is 12.2. The fraction of sp³-hybridized carbons (Fsp3) is 0.917. The van der Waals surface area contributed by atoms with Crippen molar-refractivity contribution in [2.45, 2.75) is 44.0 Å². The van der Waals surface area contributed by atoms with Crippen LogP contribution in [-0.2, 0) is 9.53 Å². The number of hydrogen-bond acceptors (Lipinski definition) is 2. The molecule has 1 fully saturated rings. The highest BCUT2D eigenvalue weighted by Gasteiger charge is 2.28. The van der Waals surface area contributed by atoms with Crippen molar-refractivity contribution in [3.8, 4) is 0 Å². The number of ether oxygens (including phenoxy) is 1. The predicted molar refractivity (Wildman–Crippen MR) is 68.8 cm³/mol. The van der Waals surface area contributed by atoms with E-state index in [-0.39, 0.29) is 18.1 Å². The van der Waals surface area contributed by atoms with Gasteiger partial charge in [-0.1, -0.05) is 15.9 Å². The molecule has 0 aromatic heterocycles. The topological polar surface area (TPSA) is 29.5 Å². The quantitative estimate of drug-likeness (QED) is 0.745. The molecular weight excluding hydrogens is 270 g/mol. The molecule has 0 radical (unpaired) electrons. The van der Waals surface area contributed by atoms with Gasteiger partial charge in [-0.2, -0.15) is 0 Å². The molecule has 0 saturated heterocycles. The van der Waals surface area contributed by atoms with Crippen LogP contribution in [-0.4, -0.2) is 41.4 Å². The monoisotopic (exact) mass is 291 g/mol. The van der Waals surface area contributed by atoms with Gasteiger partial charge in [-0.25, -0.2) is 0 Å². The van der Waals surface area contributed by atoms with Gasteiger partial charge in [0.1, 0.15) is 6.61 Å². The second kappa shape index (κ2) is 5.50. The van der Waals surface area contributed by atoms with Gasteiger partial charge in [0.2, 0.25) is 5.91 Å². The minimum atomic E-state index is -0.242. The van der Waals surface area contributed by atoms with Crippen molar-refractivity contribution in [2.24, 2.45) is 5.92 Å². The predicted octanol–water partition coefficient (Wildman–Crippen LogP) is 2.43. The molecule has 1 aliphatic rings. The average molecular weight is 292 g/mol. The molecule has 0 aromatic rings. The van der Waals surface area contributed by atoms with Crippen LogP contribution < -0.4 is 0 Å². The van der Waals surface area contributed by atoms with Crippen LogP contribution in [0.2, 0.25) is 0 Å². The molecule has 1 rings (SSSR count). The molecule has 0 N–H and O–H groups in total. The second-order valence-electron chi connectivity index (χ2n) is 5.61. The van der Waals surface area contributed by atoms with E-state index in [0.29, 0.717) is 10.7 Å². The molecule has 0 bridgehead atoms. The summed E-state index contributed by atoms with van der Waals surface area (Å²) in [4.78, 5) is 14.2. The van der Waals surface area contributed by atoms with Crippen LogP contribution in [0.5, 0.6) is 0 Å². The van der Waals surface area contributed by atoms with Crippen LogP contribution in [0.1, 0.15) is 33.6 Å². The average Bonchev–Trinajstić information content (AvgIpc) is 2.10. The summed E-state index contributed by atoms with van der Waals surface area (Å²) in [5.74, 6) is 0.737. The number of alkyl halides is 1. The lowest BCUT2D eigenvalue weighted by molar-refractivity contribution is -0.140. The Morgan fingerprint density at radius 2 is 2.00 bits per heavy atom. The van der Waals surface area contributed by atoms with E-state index in [9.17, 15) is 4.79 Å². The summed E-state index contributed by atoms with van der Waals surface area (Å²) in [6.07, 6.45) is 2.36. The molecule has 0 aliphatic heterocycles. The first-order valence-electron chi connectivity index (χ1n) is 5.80. The Hall–Kier alpha value is -0.0900. The van der Waals surface area contributed by atoms with Crippen molar-refractivity contribution in [3.63, 3.8) is 0 Å². The summed E-state index contributed by atoms with van der Waals surface area (Å²) in [6, 6.07) is 0. The molecular formula is C12H22BrNO2. The van der Waals surface area contributed by atoms with Crippen LogP contribution in [0.15, 0.2) is 0 Å². The van der Waals surface area contributed by atoms with Crippen LogP contribution in [0, 0.1) is 5.92 Å². The van der Waals surface area contributed by atoms with E-state index < -0.39 is 0 Å². The number of likely N-dealkylation sites (N-methyl/N-ethyl adjacent to an activating group) is 1. The molecule has 16 heavy (non-hydrogen) atoms. The Kier molecular flexibility index (Phi) is 4.80. The molecule has 0 aromatic carbocycles. The lowest BCUT2D eigenvalue weighted by atomic mass is 9.85. The van der Waals surface area contributed by atoms with Gasteiger partial charge in [-0.05, 0) is 39.5 Å². The molecule has 1 aliphatic carbocycles. The molecule has 4 heteroatoms. The van der Waals surface area contributed by atoms with Crippen LogP contribution in [0.4, 0.5) is 0 Å². The normalized spacial score (nSPS) is 25.1. The Morgan fingerprint density at radius 1 is 1.44 bits per heavy atom. The lowest BCUT2D eigenvalue weighted by Crippen LogP contribution is -2.40. The fourth-order valence-corrected chi connectivity index (χ4v) is 2.74. The molecule has 1 saturated carbocycles. The number of carbonyl (C=O) groups is 1. The Bertz CT molecular complexity index is 244. The van der Waals surface area contributed by atoms with Gasteiger partial charge in [0.15, 0.2) is 0 Å². The fourth-order valence-electron chi connectivity index (χ4n) is 1.68. The van der Waals surface area contributed by atoms with Crippen LogP contribution in [0.25, 0.3) is 0 Å². The van der Waals surface area contributed by atoms with Crippen LogP contribution in [0.3, 0.4) is 0 Å². The molecule has 94 valence electrons. The summed E-state index contributed by atoms with van der Waals surface area (Å²) in [7, 11) is 1.86. The molecule has 0 atom stereocenters. The zero-order chi connectivity index (χ0) is 12.3. The van der Waals surface area contributed by atoms with Crippen molar-refractivity contribution in [1.29, 1.82) is 0 Å². The van der Waals surface area contributed by atoms with E-state index in [4.69, 9.17) is 4.74 Å². The second-order valence-corrected chi connectivity index (χ2v) is 6.90. The minimum absolute atomic E-state index is 0.0768. The summed E-state index contributed by atoms with van der Waals surface area (Å²) >= 11 is 3.56. The highest BCUT2D eigenvalue weighted by molar-refractivity contribution is 9.09. The molecule has 3 nitrogen and oxygen atoms in total. The Labute approximate surface area is 107 Å². The molecule has 0 spiro atoms. The van der Waals surface area contributed by atoms with E-state index in [2.05, 4.69) is 15.9 Å². The van der Waals surface area contributed by atoms with Gasteiger partial charge in [-0.3, -0.25) is 4.79 Å². The maximum absolute atomic E-state index is 11.7. The van der Waals surface area contributed by atoms with Crippen LogP contribution >= 0.6 is 15.9 Å². The van der Waals surface area contributed by atoms with Gasteiger partial charge in [0, 0.05) is 18.4 Å². The van der Waals surface area contributed by atoms with E-state index in [1.165, 1.54) is 12.8 Å². The van der Waals surface area contributed by atoms with E-state index in [0.717, 1.165) is 6.54 Å². The van der Waals surface area contributed by atoms with Crippen molar-refractivity contribution >= 4 is 21.8 Å². The number of halogens is 1. The number of hydrogen-bond donors (Lipinski definition) is 0. The zero-order valence-electron chi connectivity index (χ0n) is 10.6. The van der Waals surface area contributed by atoms with Gasteiger partial charge in [0.05, 0.1) is 5.60 Å². The van der Waals surface area contributed by atoms with E-state index in [1.807, 2.05) is 27.8 Å². The number of rotatable bonds is 4. The summed E-state index contributed by atoms with van der Waals surface area (Å²) in [6.45, 7) is 6.92. The third-order valence-electron chi connectivity index (χ3n) is 2.76. The maximum Gasteiger partial charge on any atom is 0.248 e. The maximum atomic E-state index is 11.7. The molecule has 1 amide bonds. The number of amides is 1. The van der Waals surface area contributed by atoms with Gasteiger partial charge in [-0.15, -0.1) is 0 Å². The highest BCUT2D eigenvalue weighted by Crippen LogP contribution is 2.33. The number of carbonyl (C=O) groups excluding carboxylic acids is 1. The van der Waals surface area contributed by atoms with Gasteiger partial charge in [0.25, 0.3) is 0 Å². The van der Waals surface area contributed by atoms with Crippen molar-refractivity contribution in [3.05, 3.63) is 0 Å². The largest absolute Gasteiger partial charge is 0.366 e. The standard InChI is InChI=1S/C12H22BrNO2/c1-12(2,3)16-8-11(15)14(4)7-9-5-10(13)6-9/h9-10H,5-8H2,1-4H3. The lowest BCUT2D eigenvalue weighted by Gasteiger charge is -2.34. The SMILES string of the molecule is CN(CC1CC(Br)C1)C(=O)COC(C)(C)C.